The van der Waals surface area contributed by atoms with Crippen LogP contribution in [0.5, 0.6) is 0 Å². The van der Waals surface area contributed by atoms with Gasteiger partial charge in [-0.25, -0.2) is 4.39 Å². The summed E-state index contributed by atoms with van der Waals surface area (Å²) in [5, 5.41) is 0. The highest BCUT2D eigenvalue weighted by atomic mass is 19.1. The second-order valence-corrected chi connectivity index (χ2v) is 6.82. The van der Waals surface area contributed by atoms with Gasteiger partial charge >= 0.3 is 0 Å². The summed E-state index contributed by atoms with van der Waals surface area (Å²) in [5.41, 5.74) is 2.39. The lowest BCUT2D eigenvalue weighted by Gasteiger charge is -2.17. The number of amides is 1. The maximum absolute atomic E-state index is 12.9. The first-order chi connectivity index (χ1) is 12.1. The molecule has 0 radical (unpaired) electrons. The molecule has 0 bridgehead atoms. The average molecular weight is 334 g/mol. The molecule has 2 aromatic rings. The van der Waals surface area contributed by atoms with Crippen LogP contribution >= 0.6 is 0 Å². The minimum atomic E-state index is -0.270. The van der Waals surface area contributed by atoms with E-state index in [0.29, 0.717) is 12.0 Å². The van der Waals surface area contributed by atoms with E-state index in [9.17, 15) is 9.18 Å². The molecule has 2 unspecified atom stereocenters. The van der Waals surface area contributed by atoms with E-state index < -0.39 is 0 Å². The van der Waals surface area contributed by atoms with Crippen LogP contribution in [0.25, 0.3) is 0 Å². The number of rotatable bonds is 1. The first kappa shape index (κ1) is 15.8. The Bertz CT molecular complexity index is 848. The van der Waals surface area contributed by atoms with Crippen LogP contribution in [-0.2, 0) is 4.79 Å². The molecule has 126 valence electrons. The highest BCUT2D eigenvalue weighted by Crippen LogP contribution is 2.45. The third kappa shape index (κ3) is 2.91. The van der Waals surface area contributed by atoms with E-state index in [1.54, 1.807) is 18.3 Å². The van der Waals surface area contributed by atoms with Crippen LogP contribution in [0.2, 0.25) is 0 Å². The van der Waals surface area contributed by atoms with Gasteiger partial charge in [0, 0.05) is 30.4 Å². The highest BCUT2D eigenvalue weighted by Gasteiger charge is 2.49. The van der Waals surface area contributed by atoms with E-state index in [0.717, 1.165) is 29.7 Å². The van der Waals surface area contributed by atoms with Gasteiger partial charge in [0.2, 0.25) is 5.91 Å². The second-order valence-electron chi connectivity index (χ2n) is 6.82. The quantitative estimate of drug-likeness (QED) is 0.750. The first-order valence-electron chi connectivity index (χ1n) is 8.64. The minimum absolute atomic E-state index is 0.114. The standard InChI is InChI=1S/C21H19FN2O/c1-24-19-4-2-3-17(19)20(21(24)25)18-12-9-15(13-23-18)6-5-14-7-10-16(22)11-8-14/h7-13,17,19-20H,2-4H2,1H3/t17?,19?,20-/m1/s1. The summed E-state index contributed by atoms with van der Waals surface area (Å²) in [6, 6.07) is 10.3. The van der Waals surface area contributed by atoms with Gasteiger partial charge in [0.1, 0.15) is 5.82 Å². The fourth-order valence-corrected chi connectivity index (χ4v) is 4.09. The lowest BCUT2D eigenvalue weighted by Crippen LogP contribution is -2.29. The van der Waals surface area contributed by atoms with Crippen LogP contribution in [0.4, 0.5) is 4.39 Å². The summed E-state index contributed by atoms with van der Waals surface area (Å²) < 4.78 is 12.9. The van der Waals surface area contributed by atoms with Gasteiger partial charge in [-0.05, 0) is 55.2 Å². The Labute approximate surface area is 146 Å². The number of nitrogens with zero attached hydrogens (tertiary/aromatic N) is 2. The Kier molecular flexibility index (Phi) is 4.01. The van der Waals surface area contributed by atoms with Gasteiger partial charge in [-0.2, -0.15) is 0 Å². The number of hydrogen-bond acceptors (Lipinski definition) is 2. The van der Waals surface area contributed by atoms with Crippen molar-refractivity contribution in [2.24, 2.45) is 5.92 Å². The van der Waals surface area contributed by atoms with Crippen LogP contribution in [0.15, 0.2) is 42.6 Å². The molecule has 1 aromatic heterocycles. The second kappa shape index (κ2) is 6.33. The normalized spacial score (nSPS) is 24.8. The Balaban J connectivity index is 1.55. The van der Waals surface area contributed by atoms with Crippen molar-refractivity contribution in [2.45, 2.75) is 31.2 Å². The predicted octanol–water partition coefficient (Wildman–Crippen LogP) is 3.34. The zero-order chi connectivity index (χ0) is 17.4. The van der Waals surface area contributed by atoms with Crippen molar-refractivity contribution < 1.29 is 9.18 Å². The number of carbonyl (C=O) groups excluding carboxylic acids is 1. The van der Waals surface area contributed by atoms with Crippen molar-refractivity contribution in [3.05, 3.63) is 65.2 Å². The molecule has 0 spiro atoms. The van der Waals surface area contributed by atoms with Gasteiger partial charge in [0.25, 0.3) is 0 Å². The number of likely N-dealkylation sites (N-methyl/N-ethyl adjacent to an activating group) is 1. The van der Waals surface area contributed by atoms with Crippen LogP contribution in [0.1, 0.15) is 42.0 Å². The summed E-state index contributed by atoms with van der Waals surface area (Å²) in [6.07, 6.45) is 5.11. The SMILES string of the molecule is CN1C(=O)[C@@H](c2ccc(C#Cc3ccc(F)cc3)cn2)C2CCCC21. The van der Waals surface area contributed by atoms with Gasteiger partial charge in [0.05, 0.1) is 11.6 Å². The molecular formula is C21H19FN2O. The largest absolute Gasteiger partial charge is 0.342 e. The van der Waals surface area contributed by atoms with E-state index in [-0.39, 0.29) is 17.6 Å². The van der Waals surface area contributed by atoms with Gasteiger partial charge in [-0.15, -0.1) is 0 Å². The number of fused-ring (bicyclic) bond motifs is 1. The van der Waals surface area contributed by atoms with E-state index in [1.807, 2.05) is 24.1 Å². The molecule has 1 aromatic carbocycles. The molecule has 4 rings (SSSR count). The zero-order valence-electron chi connectivity index (χ0n) is 14.1. The number of carbonyl (C=O) groups is 1. The van der Waals surface area contributed by atoms with Crippen molar-refractivity contribution >= 4 is 5.91 Å². The smallest absolute Gasteiger partial charge is 0.232 e. The van der Waals surface area contributed by atoms with Crippen LogP contribution in [0, 0.1) is 23.6 Å². The lowest BCUT2D eigenvalue weighted by atomic mass is 9.89. The zero-order valence-corrected chi connectivity index (χ0v) is 14.1. The number of likely N-dealkylation sites (tertiary alicyclic amines) is 1. The Hall–Kier alpha value is -2.67. The van der Waals surface area contributed by atoms with Crippen LogP contribution in [-0.4, -0.2) is 28.9 Å². The molecule has 25 heavy (non-hydrogen) atoms. The van der Waals surface area contributed by atoms with Crippen LogP contribution in [0.3, 0.4) is 0 Å². The van der Waals surface area contributed by atoms with Gasteiger partial charge in [-0.1, -0.05) is 18.3 Å². The predicted molar refractivity (Wildman–Crippen MR) is 93.3 cm³/mol. The highest BCUT2D eigenvalue weighted by molar-refractivity contribution is 5.86. The van der Waals surface area contributed by atoms with Crippen molar-refractivity contribution in [1.29, 1.82) is 0 Å². The van der Waals surface area contributed by atoms with Gasteiger partial charge < -0.3 is 4.90 Å². The molecule has 0 N–H and O–H groups in total. The molecule has 4 heteroatoms. The Morgan fingerprint density at radius 1 is 1.08 bits per heavy atom. The van der Waals surface area contributed by atoms with Gasteiger partial charge in [-0.3, -0.25) is 9.78 Å². The van der Waals surface area contributed by atoms with Crippen molar-refractivity contribution in [1.82, 2.24) is 9.88 Å². The topological polar surface area (TPSA) is 33.2 Å². The first-order valence-corrected chi connectivity index (χ1v) is 8.64. The molecule has 1 saturated heterocycles. The number of benzene rings is 1. The molecule has 3 nitrogen and oxygen atoms in total. The monoisotopic (exact) mass is 334 g/mol. The summed E-state index contributed by atoms with van der Waals surface area (Å²) in [7, 11) is 1.91. The van der Waals surface area contributed by atoms with E-state index in [1.165, 1.54) is 18.6 Å². The molecule has 2 heterocycles. The molecular weight excluding hydrogens is 315 g/mol. The molecule has 2 aliphatic rings. The molecule has 2 fully saturated rings. The van der Waals surface area contributed by atoms with Crippen molar-refractivity contribution in [3.63, 3.8) is 0 Å². The molecule has 1 amide bonds. The van der Waals surface area contributed by atoms with Gasteiger partial charge in [0.15, 0.2) is 0 Å². The lowest BCUT2D eigenvalue weighted by molar-refractivity contribution is -0.129. The van der Waals surface area contributed by atoms with Crippen molar-refractivity contribution in [3.8, 4) is 11.8 Å². The van der Waals surface area contributed by atoms with Crippen LogP contribution < -0.4 is 0 Å². The number of halogens is 1. The number of aromatic nitrogens is 1. The maximum Gasteiger partial charge on any atom is 0.232 e. The molecule has 1 aliphatic heterocycles. The fourth-order valence-electron chi connectivity index (χ4n) is 4.09. The summed E-state index contributed by atoms with van der Waals surface area (Å²) in [5.74, 6) is 6.23. The Morgan fingerprint density at radius 2 is 1.80 bits per heavy atom. The van der Waals surface area contributed by atoms with Crippen molar-refractivity contribution in [2.75, 3.05) is 7.05 Å². The molecule has 3 atom stereocenters. The third-order valence-corrected chi connectivity index (χ3v) is 5.37. The number of pyridine rings is 1. The summed E-state index contributed by atoms with van der Waals surface area (Å²) in [4.78, 5) is 19.0. The van der Waals surface area contributed by atoms with E-state index in [2.05, 4.69) is 16.8 Å². The van der Waals surface area contributed by atoms with E-state index >= 15 is 0 Å². The Morgan fingerprint density at radius 3 is 2.52 bits per heavy atom. The minimum Gasteiger partial charge on any atom is -0.342 e. The molecule has 1 saturated carbocycles. The summed E-state index contributed by atoms with van der Waals surface area (Å²) in [6.45, 7) is 0. The fraction of sp³-hybridized carbons (Fsp3) is 0.333. The molecule has 1 aliphatic carbocycles. The average Bonchev–Trinajstić information content (AvgIpc) is 3.19. The summed E-state index contributed by atoms with van der Waals surface area (Å²) >= 11 is 0. The van der Waals surface area contributed by atoms with E-state index in [4.69, 9.17) is 0 Å². The third-order valence-electron chi connectivity index (χ3n) is 5.37. The number of hydrogen-bond donors (Lipinski definition) is 0. The maximum atomic E-state index is 12.9.